The molecule has 0 spiro atoms. The van der Waals surface area contributed by atoms with E-state index in [1.165, 1.54) is 0 Å². The maximum atomic E-state index is 9.10. The zero-order chi connectivity index (χ0) is 20.2. The van der Waals surface area contributed by atoms with E-state index < -0.39 is 11.9 Å². The molecule has 0 bridgehead atoms. The number of carboxylic acids is 2. The highest BCUT2D eigenvalue weighted by Crippen LogP contribution is 2.25. The number of hydrogen-bond acceptors (Lipinski definition) is 6. The molecule has 0 aliphatic carbocycles. The fourth-order valence-corrected chi connectivity index (χ4v) is 2.82. The average Bonchev–Trinajstić information content (AvgIpc) is 2.61. The number of benzene rings is 1. The second-order valence-electron chi connectivity index (χ2n) is 6.33. The second-order valence-corrected chi connectivity index (χ2v) is 6.33. The molecule has 1 aliphatic heterocycles. The maximum absolute atomic E-state index is 9.10. The summed E-state index contributed by atoms with van der Waals surface area (Å²) in [6.07, 6.45) is 2.89. The molecule has 1 heterocycles. The molecule has 2 unspecified atom stereocenters. The number of nitrogens with zero attached hydrogens (tertiary/aromatic N) is 1. The van der Waals surface area contributed by atoms with E-state index in [0.717, 1.165) is 50.6 Å². The normalized spacial score (nSPS) is 19.5. The van der Waals surface area contributed by atoms with Gasteiger partial charge in [-0.25, -0.2) is 9.59 Å². The van der Waals surface area contributed by atoms with Gasteiger partial charge in [0, 0.05) is 13.1 Å². The van der Waals surface area contributed by atoms with E-state index in [1.807, 2.05) is 24.3 Å². The number of carbonyl (C=O) groups is 2. The molecule has 2 rings (SSSR count). The average molecular weight is 383 g/mol. The lowest BCUT2D eigenvalue weighted by molar-refractivity contribution is -0.159. The number of hydrogen-bond donors (Lipinski definition) is 2. The van der Waals surface area contributed by atoms with Crippen molar-refractivity contribution in [1.29, 1.82) is 0 Å². The monoisotopic (exact) mass is 383 g/mol. The molecule has 1 saturated heterocycles. The molecule has 1 aromatic rings. The fraction of sp³-hybridized carbons (Fsp3) is 0.579. The predicted octanol–water partition coefficient (Wildman–Crippen LogP) is 2.12. The molecule has 0 aromatic heterocycles. The van der Waals surface area contributed by atoms with Crippen LogP contribution in [-0.4, -0.2) is 72.6 Å². The minimum absolute atomic E-state index is 0.346. The molecule has 8 heteroatoms. The van der Waals surface area contributed by atoms with Gasteiger partial charge in [0.15, 0.2) is 11.5 Å². The number of carboxylic acid groups (broad SMARTS) is 2. The Hall–Kier alpha value is -2.32. The summed E-state index contributed by atoms with van der Waals surface area (Å²) < 4.78 is 16.8. The molecular formula is C19H29NO7. The van der Waals surface area contributed by atoms with Crippen molar-refractivity contribution in [3.63, 3.8) is 0 Å². The molecule has 0 saturated carbocycles. The minimum atomic E-state index is -1.82. The van der Waals surface area contributed by atoms with Gasteiger partial charge in [-0.15, -0.1) is 0 Å². The van der Waals surface area contributed by atoms with Gasteiger partial charge in [-0.2, -0.15) is 0 Å². The van der Waals surface area contributed by atoms with Crippen LogP contribution in [0.5, 0.6) is 11.5 Å². The first-order valence-electron chi connectivity index (χ1n) is 8.93. The molecule has 27 heavy (non-hydrogen) atoms. The van der Waals surface area contributed by atoms with E-state index in [-0.39, 0.29) is 0 Å². The zero-order valence-corrected chi connectivity index (χ0v) is 16.1. The second kappa shape index (κ2) is 12.1. The first kappa shape index (κ1) is 22.7. The number of unbranched alkanes of at least 4 members (excludes halogenated alkanes) is 1. The summed E-state index contributed by atoms with van der Waals surface area (Å²) in [5.74, 6) is -2.02. The van der Waals surface area contributed by atoms with Gasteiger partial charge in [-0.3, -0.25) is 4.90 Å². The fourth-order valence-electron chi connectivity index (χ4n) is 2.82. The molecule has 1 aliphatic rings. The van der Waals surface area contributed by atoms with E-state index in [2.05, 4.69) is 18.7 Å². The summed E-state index contributed by atoms with van der Waals surface area (Å²) in [6, 6.07) is 7.79. The molecular weight excluding hydrogens is 354 g/mol. The Morgan fingerprint density at radius 3 is 2.15 bits per heavy atom. The third-order valence-electron chi connectivity index (χ3n) is 3.87. The van der Waals surface area contributed by atoms with Crippen LogP contribution >= 0.6 is 0 Å². The van der Waals surface area contributed by atoms with Crippen LogP contribution in [-0.2, 0) is 14.3 Å². The first-order valence-corrected chi connectivity index (χ1v) is 8.93. The van der Waals surface area contributed by atoms with Gasteiger partial charge in [0.2, 0.25) is 0 Å². The Balaban J connectivity index is 0.000000527. The largest absolute Gasteiger partial charge is 0.493 e. The van der Waals surface area contributed by atoms with Crippen LogP contribution in [0.3, 0.4) is 0 Å². The van der Waals surface area contributed by atoms with Gasteiger partial charge in [-0.1, -0.05) is 12.1 Å². The first-order chi connectivity index (χ1) is 12.8. The number of ether oxygens (including phenoxy) is 3. The molecule has 2 atom stereocenters. The lowest BCUT2D eigenvalue weighted by atomic mass is 10.2. The zero-order valence-electron chi connectivity index (χ0n) is 16.1. The van der Waals surface area contributed by atoms with Gasteiger partial charge in [-0.05, 0) is 45.4 Å². The summed E-state index contributed by atoms with van der Waals surface area (Å²) in [6.45, 7) is 8.22. The highest BCUT2D eigenvalue weighted by Gasteiger charge is 2.21. The Bertz CT molecular complexity index is 571. The summed E-state index contributed by atoms with van der Waals surface area (Å²) in [4.78, 5) is 20.7. The number of morpholine rings is 1. The molecule has 1 fully saturated rings. The van der Waals surface area contributed by atoms with Crippen molar-refractivity contribution in [3.05, 3.63) is 24.3 Å². The molecule has 8 nitrogen and oxygen atoms in total. The molecule has 1 aromatic carbocycles. The van der Waals surface area contributed by atoms with Crippen LogP contribution < -0.4 is 9.47 Å². The standard InChI is InChI=1S/C17H27NO3.C2H2O4/c1-14-12-18(13-15(2)21-14)10-6-7-11-20-17-9-5-4-8-16(17)19-3;3-1(4)2(5)6/h4-5,8-9,14-15H,6-7,10-13H2,1-3H3;(H,3,4)(H,5,6). The number of aliphatic carboxylic acids is 2. The summed E-state index contributed by atoms with van der Waals surface area (Å²) in [5, 5.41) is 14.8. The summed E-state index contributed by atoms with van der Waals surface area (Å²) >= 11 is 0. The predicted molar refractivity (Wildman–Crippen MR) is 99.4 cm³/mol. The Morgan fingerprint density at radius 1 is 1.07 bits per heavy atom. The maximum Gasteiger partial charge on any atom is 0.414 e. The van der Waals surface area contributed by atoms with Crippen molar-refractivity contribution < 1.29 is 34.0 Å². The Kier molecular flexibility index (Phi) is 10.2. The highest BCUT2D eigenvalue weighted by molar-refractivity contribution is 6.27. The lowest BCUT2D eigenvalue weighted by Gasteiger charge is -2.35. The number of para-hydroxylation sites is 2. The van der Waals surface area contributed by atoms with Crippen LogP contribution in [0.1, 0.15) is 26.7 Å². The van der Waals surface area contributed by atoms with Crippen LogP contribution in [0.15, 0.2) is 24.3 Å². The highest BCUT2D eigenvalue weighted by atomic mass is 16.5. The van der Waals surface area contributed by atoms with Crippen LogP contribution in [0.4, 0.5) is 0 Å². The third kappa shape index (κ3) is 9.25. The molecule has 0 radical (unpaired) electrons. The van der Waals surface area contributed by atoms with Crippen LogP contribution in [0.2, 0.25) is 0 Å². The molecule has 0 amide bonds. The minimum Gasteiger partial charge on any atom is -0.493 e. The van der Waals surface area contributed by atoms with Crippen LogP contribution in [0.25, 0.3) is 0 Å². The quantitative estimate of drug-likeness (QED) is 0.545. The van der Waals surface area contributed by atoms with Crippen molar-refractivity contribution in [2.45, 2.75) is 38.9 Å². The van der Waals surface area contributed by atoms with Crippen LogP contribution in [0, 0.1) is 0 Å². The van der Waals surface area contributed by atoms with Crippen molar-refractivity contribution in [2.24, 2.45) is 0 Å². The number of rotatable bonds is 7. The topological polar surface area (TPSA) is 106 Å². The van der Waals surface area contributed by atoms with Gasteiger partial charge in [0.05, 0.1) is 25.9 Å². The SMILES string of the molecule is COc1ccccc1OCCCCN1CC(C)OC(C)C1.O=C(O)C(=O)O. The van der Waals surface area contributed by atoms with Crippen molar-refractivity contribution >= 4 is 11.9 Å². The van der Waals surface area contributed by atoms with E-state index in [9.17, 15) is 0 Å². The molecule has 152 valence electrons. The van der Waals surface area contributed by atoms with Gasteiger partial charge >= 0.3 is 11.9 Å². The molecule has 2 N–H and O–H groups in total. The van der Waals surface area contributed by atoms with E-state index >= 15 is 0 Å². The number of methoxy groups -OCH3 is 1. The van der Waals surface area contributed by atoms with Crippen molar-refractivity contribution in [2.75, 3.05) is 33.4 Å². The van der Waals surface area contributed by atoms with E-state index in [4.69, 9.17) is 34.0 Å². The van der Waals surface area contributed by atoms with Crippen molar-refractivity contribution in [1.82, 2.24) is 4.90 Å². The lowest BCUT2D eigenvalue weighted by Crippen LogP contribution is -2.45. The Morgan fingerprint density at radius 2 is 1.63 bits per heavy atom. The van der Waals surface area contributed by atoms with E-state index in [1.54, 1.807) is 7.11 Å². The smallest absolute Gasteiger partial charge is 0.414 e. The third-order valence-corrected chi connectivity index (χ3v) is 3.87. The van der Waals surface area contributed by atoms with Gasteiger partial charge < -0.3 is 24.4 Å². The summed E-state index contributed by atoms with van der Waals surface area (Å²) in [7, 11) is 1.67. The Labute approximate surface area is 159 Å². The van der Waals surface area contributed by atoms with Gasteiger partial charge in [0.25, 0.3) is 0 Å². The van der Waals surface area contributed by atoms with Crippen molar-refractivity contribution in [3.8, 4) is 11.5 Å². The van der Waals surface area contributed by atoms with E-state index in [0.29, 0.717) is 12.2 Å². The van der Waals surface area contributed by atoms with Gasteiger partial charge in [0.1, 0.15) is 0 Å². The summed E-state index contributed by atoms with van der Waals surface area (Å²) in [5.41, 5.74) is 0.